The highest BCUT2D eigenvalue weighted by Crippen LogP contribution is 2.35. The Bertz CT molecular complexity index is 602. The number of nitrogens with zero attached hydrogens (tertiary/aromatic N) is 3. The highest BCUT2D eigenvalue weighted by molar-refractivity contribution is 5.87. The predicted molar refractivity (Wildman–Crippen MR) is 77.2 cm³/mol. The Morgan fingerprint density at radius 1 is 1.45 bits per heavy atom. The second kappa shape index (κ2) is 4.90. The van der Waals surface area contributed by atoms with Crippen LogP contribution in [0, 0.1) is 5.92 Å². The minimum atomic E-state index is -0.322. The van der Waals surface area contributed by atoms with Crippen LogP contribution in [0.25, 0.3) is 11.0 Å². The van der Waals surface area contributed by atoms with E-state index in [1.165, 1.54) is 0 Å². The molecule has 0 radical (unpaired) electrons. The first-order valence-corrected chi connectivity index (χ1v) is 6.97. The van der Waals surface area contributed by atoms with Crippen molar-refractivity contribution in [1.82, 2.24) is 20.2 Å². The van der Waals surface area contributed by atoms with Crippen LogP contribution in [0.1, 0.15) is 32.6 Å². The van der Waals surface area contributed by atoms with Gasteiger partial charge in [-0.2, -0.15) is 15.1 Å². The van der Waals surface area contributed by atoms with Crippen molar-refractivity contribution in [3.63, 3.8) is 0 Å². The van der Waals surface area contributed by atoms with E-state index in [2.05, 4.69) is 32.4 Å². The Morgan fingerprint density at radius 2 is 2.20 bits per heavy atom. The zero-order valence-electron chi connectivity index (χ0n) is 11.6. The first-order chi connectivity index (χ1) is 9.62. The second-order valence-electron chi connectivity index (χ2n) is 5.81. The molecule has 0 bridgehead atoms. The fraction of sp³-hybridized carbons (Fsp3) is 0.615. The molecule has 0 aliphatic heterocycles. The van der Waals surface area contributed by atoms with Crippen molar-refractivity contribution < 1.29 is 5.11 Å². The third kappa shape index (κ3) is 2.29. The smallest absolute Gasteiger partial charge is 0.224 e. The summed E-state index contributed by atoms with van der Waals surface area (Å²) in [6.07, 6.45) is 5.72. The Hall–Kier alpha value is -1.89. The highest BCUT2D eigenvalue weighted by Gasteiger charge is 2.34. The number of aromatic amines is 1. The van der Waals surface area contributed by atoms with Gasteiger partial charge in [0.15, 0.2) is 5.65 Å². The van der Waals surface area contributed by atoms with Crippen LogP contribution in [-0.2, 0) is 0 Å². The van der Waals surface area contributed by atoms with Crippen molar-refractivity contribution in [3.05, 3.63) is 6.20 Å². The normalized spacial score (nSPS) is 26.8. The number of H-pyrrole nitrogens is 1. The lowest BCUT2D eigenvalue weighted by molar-refractivity contribution is 0.155. The van der Waals surface area contributed by atoms with Gasteiger partial charge in [-0.05, 0) is 31.6 Å². The molecular formula is C13H20N6O. The van der Waals surface area contributed by atoms with E-state index in [0.29, 0.717) is 17.4 Å². The lowest BCUT2D eigenvalue weighted by atomic mass is 9.77. The van der Waals surface area contributed by atoms with Crippen LogP contribution in [0.2, 0.25) is 0 Å². The third-order valence-electron chi connectivity index (χ3n) is 4.24. The largest absolute Gasteiger partial charge is 0.394 e. The molecule has 0 saturated heterocycles. The number of hydrogen-bond acceptors (Lipinski definition) is 6. The number of nitrogen functional groups attached to an aromatic ring is 1. The minimum Gasteiger partial charge on any atom is -0.394 e. The molecule has 108 valence electrons. The number of fused-ring (bicyclic) bond motifs is 1. The quantitative estimate of drug-likeness (QED) is 0.672. The molecule has 7 nitrogen and oxygen atoms in total. The number of rotatable bonds is 3. The summed E-state index contributed by atoms with van der Waals surface area (Å²) in [4.78, 5) is 8.36. The van der Waals surface area contributed by atoms with E-state index in [0.717, 1.165) is 31.1 Å². The zero-order valence-corrected chi connectivity index (χ0v) is 11.6. The van der Waals surface area contributed by atoms with Crippen molar-refractivity contribution in [2.45, 2.75) is 38.1 Å². The number of aromatic nitrogens is 4. The molecule has 5 N–H and O–H groups in total. The van der Waals surface area contributed by atoms with Gasteiger partial charge in [-0.1, -0.05) is 6.92 Å². The number of aliphatic hydroxyl groups is 1. The molecule has 0 amide bonds. The Labute approximate surface area is 117 Å². The molecule has 1 aliphatic carbocycles. The topological polar surface area (TPSA) is 113 Å². The van der Waals surface area contributed by atoms with Crippen LogP contribution in [0.4, 0.5) is 11.8 Å². The van der Waals surface area contributed by atoms with Gasteiger partial charge in [0.25, 0.3) is 0 Å². The van der Waals surface area contributed by atoms with Crippen molar-refractivity contribution in [2.75, 3.05) is 17.7 Å². The van der Waals surface area contributed by atoms with Crippen LogP contribution in [0.5, 0.6) is 0 Å². The average Bonchev–Trinajstić information content (AvgIpc) is 2.90. The van der Waals surface area contributed by atoms with Crippen LogP contribution < -0.4 is 11.1 Å². The number of aliphatic hydroxyl groups excluding tert-OH is 1. The molecular weight excluding hydrogens is 256 g/mol. The summed E-state index contributed by atoms with van der Waals surface area (Å²) < 4.78 is 0. The maximum Gasteiger partial charge on any atom is 0.224 e. The van der Waals surface area contributed by atoms with Crippen LogP contribution in [0.3, 0.4) is 0 Å². The van der Waals surface area contributed by atoms with Crippen LogP contribution in [0.15, 0.2) is 6.20 Å². The van der Waals surface area contributed by atoms with E-state index >= 15 is 0 Å². The molecule has 1 saturated carbocycles. The summed E-state index contributed by atoms with van der Waals surface area (Å²) >= 11 is 0. The monoisotopic (exact) mass is 276 g/mol. The number of anilines is 2. The maximum atomic E-state index is 9.82. The van der Waals surface area contributed by atoms with Crippen molar-refractivity contribution >= 4 is 22.8 Å². The first-order valence-electron chi connectivity index (χ1n) is 6.97. The molecule has 0 atom stereocenters. The average molecular weight is 276 g/mol. The summed E-state index contributed by atoms with van der Waals surface area (Å²) in [5, 5.41) is 20.8. The Balaban J connectivity index is 1.93. The first kappa shape index (κ1) is 13.1. The standard InChI is InChI=1S/C13H20N6O/c1-8-2-4-13(7-20,5-3-8)18-10-9-6-15-19-11(9)17-12(14)16-10/h6,8,20H,2-5,7H2,1H3,(H4,14,15,16,17,18,19). The number of hydrogen-bond donors (Lipinski definition) is 4. The van der Waals surface area contributed by atoms with Gasteiger partial charge in [0.2, 0.25) is 5.95 Å². The molecule has 3 rings (SSSR count). The van der Waals surface area contributed by atoms with E-state index in [-0.39, 0.29) is 18.1 Å². The fourth-order valence-corrected chi connectivity index (χ4v) is 2.84. The third-order valence-corrected chi connectivity index (χ3v) is 4.24. The lowest BCUT2D eigenvalue weighted by Gasteiger charge is -2.39. The molecule has 2 aromatic rings. The molecule has 0 spiro atoms. The molecule has 1 aliphatic rings. The molecule has 0 unspecified atom stereocenters. The minimum absolute atomic E-state index is 0.0863. The molecule has 0 aromatic carbocycles. The van der Waals surface area contributed by atoms with Gasteiger partial charge in [-0.3, -0.25) is 5.10 Å². The van der Waals surface area contributed by atoms with Gasteiger partial charge < -0.3 is 16.2 Å². The van der Waals surface area contributed by atoms with E-state index < -0.39 is 0 Å². The van der Waals surface area contributed by atoms with Gasteiger partial charge in [-0.15, -0.1) is 0 Å². The summed E-state index contributed by atoms with van der Waals surface area (Å²) in [6, 6.07) is 0. The van der Waals surface area contributed by atoms with Crippen LogP contribution >= 0.6 is 0 Å². The van der Waals surface area contributed by atoms with Crippen molar-refractivity contribution in [2.24, 2.45) is 5.92 Å². The maximum absolute atomic E-state index is 9.82. The summed E-state index contributed by atoms with van der Waals surface area (Å²) in [6.45, 7) is 2.33. The van der Waals surface area contributed by atoms with Crippen molar-refractivity contribution in [3.8, 4) is 0 Å². The lowest BCUT2D eigenvalue weighted by Crippen LogP contribution is -2.45. The molecule has 1 fully saturated rings. The summed E-state index contributed by atoms with van der Waals surface area (Å²) in [5.41, 5.74) is 6.01. The Morgan fingerprint density at radius 3 is 2.90 bits per heavy atom. The van der Waals surface area contributed by atoms with E-state index in [4.69, 9.17) is 5.73 Å². The number of nitrogens with one attached hydrogen (secondary N) is 2. The SMILES string of the molecule is CC1CCC(CO)(Nc2nc(N)nc3[nH]ncc23)CC1. The number of nitrogens with two attached hydrogens (primary N) is 1. The van der Waals surface area contributed by atoms with E-state index in [9.17, 15) is 5.11 Å². The van der Waals surface area contributed by atoms with Gasteiger partial charge in [0.1, 0.15) is 5.82 Å². The summed E-state index contributed by atoms with van der Waals surface area (Å²) in [5.74, 6) is 1.55. The zero-order chi connectivity index (χ0) is 14.2. The molecule has 2 heterocycles. The molecule has 20 heavy (non-hydrogen) atoms. The fourth-order valence-electron chi connectivity index (χ4n) is 2.84. The molecule has 7 heteroatoms. The van der Waals surface area contributed by atoms with Gasteiger partial charge in [0.05, 0.1) is 23.7 Å². The van der Waals surface area contributed by atoms with E-state index in [1.807, 2.05) is 0 Å². The van der Waals surface area contributed by atoms with Gasteiger partial charge in [0, 0.05) is 0 Å². The van der Waals surface area contributed by atoms with Gasteiger partial charge >= 0.3 is 0 Å². The highest BCUT2D eigenvalue weighted by atomic mass is 16.3. The Kier molecular flexibility index (Phi) is 3.21. The van der Waals surface area contributed by atoms with E-state index in [1.54, 1.807) is 6.20 Å². The molecule has 2 aromatic heterocycles. The second-order valence-corrected chi connectivity index (χ2v) is 5.81. The predicted octanol–water partition coefficient (Wildman–Crippen LogP) is 1.29. The van der Waals surface area contributed by atoms with Gasteiger partial charge in [-0.25, -0.2) is 0 Å². The van der Waals surface area contributed by atoms with Crippen molar-refractivity contribution in [1.29, 1.82) is 0 Å². The van der Waals surface area contributed by atoms with Crippen LogP contribution in [-0.4, -0.2) is 37.4 Å². The summed E-state index contributed by atoms with van der Waals surface area (Å²) in [7, 11) is 0.